The van der Waals surface area contributed by atoms with E-state index in [0.29, 0.717) is 17.8 Å². The van der Waals surface area contributed by atoms with E-state index in [-0.39, 0.29) is 5.91 Å². The van der Waals surface area contributed by atoms with Crippen molar-refractivity contribution >= 4 is 27.5 Å². The zero-order valence-corrected chi connectivity index (χ0v) is 18.5. The SMILES string of the molecule is C[C@@H]1Cc2ccccc2N1C1CCN(C(=O)c2cn(-c3cccc(Br)c3)nn2)CC1. The van der Waals surface area contributed by atoms with Crippen molar-refractivity contribution in [1.29, 1.82) is 0 Å². The zero-order chi connectivity index (χ0) is 20.7. The summed E-state index contributed by atoms with van der Waals surface area (Å²) in [5, 5.41) is 8.28. The summed E-state index contributed by atoms with van der Waals surface area (Å²) in [6.07, 6.45) is 4.78. The summed E-state index contributed by atoms with van der Waals surface area (Å²) in [5.74, 6) is -0.0374. The van der Waals surface area contributed by atoms with Gasteiger partial charge in [0, 0.05) is 35.3 Å². The third-order valence-electron chi connectivity index (χ3n) is 6.19. The molecule has 0 aliphatic carbocycles. The Morgan fingerprint density at radius 3 is 2.70 bits per heavy atom. The second-order valence-electron chi connectivity index (χ2n) is 8.14. The number of halogens is 1. The molecule has 2 aromatic carbocycles. The minimum Gasteiger partial charge on any atom is -0.365 e. The molecule has 1 amide bonds. The average Bonchev–Trinajstić information content (AvgIpc) is 3.38. The number of nitrogens with zero attached hydrogens (tertiary/aromatic N) is 5. The molecule has 5 rings (SSSR count). The van der Waals surface area contributed by atoms with Gasteiger partial charge in [0.1, 0.15) is 0 Å². The van der Waals surface area contributed by atoms with Gasteiger partial charge in [-0.2, -0.15) is 0 Å². The van der Waals surface area contributed by atoms with Crippen LogP contribution in [0.1, 0.15) is 35.8 Å². The number of benzene rings is 2. The minimum absolute atomic E-state index is 0.0374. The summed E-state index contributed by atoms with van der Waals surface area (Å²) in [5.41, 5.74) is 4.07. The number of hydrogen-bond acceptors (Lipinski definition) is 4. The Kier molecular flexibility index (Phi) is 5.06. The maximum Gasteiger partial charge on any atom is 0.276 e. The molecule has 2 aliphatic heterocycles. The molecule has 2 aliphatic rings. The van der Waals surface area contributed by atoms with E-state index in [2.05, 4.69) is 62.3 Å². The molecule has 154 valence electrons. The molecule has 0 N–H and O–H groups in total. The molecule has 30 heavy (non-hydrogen) atoms. The van der Waals surface area contributed by atoms with Crippen molar-refractivity contribution in [3.05, 3.63) is 70.5 Å². The van der Waals surface area contributed by atoms with Crippen LogP contribution in [0.3, 0.4) is 0 Å². The highest BCUT2D eigenvalue weighted by Gasteiger charge is 2.34. The lowest BCUT2D eigenvalue weighted by molar-refractivity contribution is 0.0705. The van der Waals surface area contributed by atoms with Crippen LogP contribution in [0.15, 0.2) is 59.2 Å². The fourth-order valence-electron chi connectivity index (χ4n) is 4.76. The predicted octanol–water partition coefficient (Wildman–Crippen LogP) is 4.09. The number of piperidine rings is 1. The van der Waals surface area contributed by atoms with Gasteiger partial charge in [-0.15, -0.1) is 5.10 Å². The summed E-state index contributed by atoms with van der Waals surface area (Å²) in [7, 11) is 0. The van der Waals surface area contributed by atoms with E-state index in [1.807, 2.05) is 29.2 Å². The number of rotatable bonds is 3. The molecule has 3 heterocycles. The summed E-state index contributed by atoms with van der Waals surface area (Å²) in [4.78, 5) is 17.5. The molecule has 7 heteroatoms. The van der Waals surface area contributed by atoms with Gasteiger partial charge >= 0.3 is 0 Å². The van der Waals surface area contributed by atoms with Gasteiger partial charge in [0.05, 0.1) is 11.9 Å². The third kappa shape index (κ3) is 3.51. The van der Waals surface area contributed by atoms with Crippen molar-refractivity contribution < 1.29 is 4.79 Å². The smallest absolute Gasteiger partial charge is 0.276 e. The molecular weight excluding hydrogens is 442 g/mol. The van der Waals surface area contributed by atoms with E-state index in [1.54, 1.807) is 10.9 Å². The van der Waals surface area contributed by atoms with Crippen molar-refractivity contribution in [1.82, 2.24) is 19.9 Å². The van der Waals surface area contributed by atoms with Crippen molar-refractivity contribution in [3.8, 4) is 5.69 Å². The Morgan fingerprint density at radius 2 is 1.90 bits per heavy atom. The molecule has 1 aromatic heterocycles. The summed E-state index contributed by atoms with van der Waals surface area (Å²) < 4.78 is 2.61. The lowest BCUT2D eigenvalue weighted by atomic mass is 10.0. The number of fused-ring (bicyclic) bond motifs is 1. The summed E-state index contributed by atoms with van der Waals surface area (Å²) >= 11 is 3.46. The fraction of sp³-hybridized carbons (Fsp3) is 0.348. The van der Waals surface area contributed by atoms with Crippen LogP contribution < -0.4 is 4.90 Å². The molecule has 0 radical (unpaired) electrons. The molecule has 0 bridgehead atoms. The lowest BCUT2D eigenvalue weighted by Crippen LogP contribution is -2.48. The highest BCUT2D eigenvalue weighted by Crippen LogP contribution is 2.36. The number of anilines is 1. The Balaban J connectivity index is 1.26. The van der Waals surface area contributed by atoms with Gasteiger partial charge in [0.15, 0.2) is 5.69 Å². The van der Waals surface area contributed by atoms with E-state index in [4.69, 9.17) is 0 Å². The first kappa shape index (κ1) is 19.3. The number of carbonyl (C=O) groups excluding carboxylic acids is 1. The molecular formula is C23H24BrN5O. The lowest BCUT2D eigenvalue weighted by Gasteiger charge is -2.40. The zero-order valence-electron chi connectivity index (χ0n) is 16.9. The van der Waals surface area contributed by atoms with E-state index >= 15 is 0 Å². The number of hydrogen-bond donors (Lipinski definition) is 0. The quantitative estimate of drug-likeness (QED) is 0.584. The van der Waals surface area contributed by atoms with Gasteiger partial charge in [-0.05, 0) is 56.0 Å². The summed E-state index contributed by atoms with van der Waals surface area (Å²) in [6.45, 7) is 3.80. The van der Waals surface area contributed by atoms with Crippen LogP contribution in [0.4, 0.5) is 5.69 Å². The van der Waals surface area contributed by atoms with E-state index in [1.165, 1.54) is 11.3 Å². The molecule has 0 saturated carbocycles. The largest absolute Gasteiger partial charge is 0.365 e. The van der Waals surface area contributed by atoms with Gasteiger partial charge in [-0.1, -0.05) is 45.4 Å². The van der Waals surface area contributed by atoms with E-state index in [0.717, 1.165) is 42.5 Å². The molecule has 1 fully saturated rings. The van der Waals surface area contributed by atoms with Gasteiger partial charge < -0.3 is 9.80 Å². The fourth-order valence-corrected chi connectivity index (χ4v) is 5.15. The van der Waals surface area contributed by atoms with Crippen molar-refractivity contribution in [3.63, 3.8) is 0 Å². The molecule has 0 unspecified atom stereocenters. The van der Waals surface area contributed by atoms with Crippen LogP contribution in [0, 0.1) is 0 Å². The second-order valence-corrected chi connectivity index (χ2v) is 9.06. The topological polar surface area (TPSA) is 54.3 Å². The maximum absolute atomic E-state index is 13.0. The molecule has 1 saturated heterocycles. The Morgan fingerprint density at radius 1 is 1.10 bits per heavy atom. The van der Waals surface area contributed by atoms with Crippen molar-refractivity contribution in [2.75, 3.05) is 18.0 Å². The maximum atomic E-state index is 13.0. The summed E-state index contributed by atoms with van der Waals surface area (Å²) in [6, 6.07) is 17.5. The highest BCUT2D eigenvalue weighted by molar-refractivity contribution is 9.10. The second kappa shape index (κ2) is 7.87. The van der Waals surface area contributed by atoms with Crippen LogP contribution in [0.5, 0.6) is 0 Å². The van der Waals surface area contributed by atoms with Crippen LogP contribution in [0.2, 0.25) is 0 Å². The van der Waals surface area contributed by atoms with Crippen LogP contribution in [-0.2, 0) is 6.42 Å². The van der Waals surface area contributed by atoms with Crippen LogP contribution in [-0.4, -0.2) is 51.0 Å². The number of para-hydroxylation sites is 1. The monoisotopic (exact) mass is 465 g/mol. The van der Waals surface area contributed by atoms with E-state index in [9.17, 15) is 4.79 Å². The normalized spacial score (nSPS) is 19.2. The van der Waals surface area contributed by atoms with Crippen LogP contribution in [0.25, 0.3) is 5.69 Å². The van der Waals surface area contributed by atoms with Crippen LogP contribution >= 0.6 is 15.9 Å². The number of likely N-dealkylation sites (tertiary alicyclic amines) is 1. The number of aromatic nitrogens is 3. The van der Waals surface area contributed by atoms with Gasteiger partial charge in [-0.25, -0.2) is 4.68 Å². The van der Waals surface area contributed by atoms with Crippen molar-refractivity contribution in [2.45, 2.75) is 38.3 Å². The molecule has 3 aromatic rings. The minimum atomic E-state index is -0.0374. The highest BCUT2D eigenvalue weighted by atomic mass is 79.9. The Hall–Kier alpha value is -2.67. The molecule has 6 nitrogen and oxygen atoms in total. The first-order valence-electron chi connectivity index (χ1n) is 10.4. The van der Waals surface area contributed by atoms with Gasteiger partial charge in [0.25, 0.3) is 5.91 Å². The van der Waals surface area contributed by atoms with Gasteiger partial charge in [-0.3, -0.25) is 4.79 Å². The third-order valence-corrected chi connectivity index (χ3v) is 6.68. The first-order chi connectivity index (χ1) is 14.6. The van der Waals surface area contributed by atoms with Crippen molar-refractivity contribution in [2.24, 2.45) is 0 Å². The predicted molar refractivity (Wildman–Crippen MR) is 120 cm³/mol. The Bertz CT molecular complexity index is 1070. The molecule has 0 spiro atoms. The van der Waals surface area contributed by atoms with E-state index < -0.39 is 0 Å². The standard InChI is InChI=1S/C23H24BrN5O/c1-16-13-17-5-2-3-8-22(17)29(16)19-9-11-27(12-10-19)23(30)21-15-28(26-25-21)20-7-4-6-18(24)14-20/h2-8,14-16,19H,9-13H2,1H3/t16-/m1/s1. The number of amides is 1. The molecule has 1 atom stereocenters. The van der Waals surface area contributed by atoms with Gasteiger partial charge in [0.2, 0.25) is 0 Å². The first-order valence-corrected chi connectivity index (χ1v) is 11.2. The average molecular weight is 466 g/mol. The number of carbonyl (C=O) groups is 1. The Labute approximate surface area is 184 Å².